The van der Waals surface area contributed by atoms with E-state index in [1.54, 1.807) is 30.6 Å². The van der Waals surface area contributed by atoms with Crippen molar-refractivity contribution in [3.63, 3.8) is 0 Å². The highest BCUT2D eigenvalue weighted by Crippen LogP contribution is 2.56. The Balaban J connectivity index is 1.31. The van der Waals surface area contributed by atoms with Gasteiger partial charge in [-0.2, -0.15) is 5.26 Å². The summed E-state index contributed by atoms with van der Waals surface area (Å²) < 4.78 is 0. The Morgan fingerprint density at radius 1 is 1.32 bits per heavy atom. The van der Waals surface area contributed by atoms with Crippen molar-refractivity contribution in [2.75, 3.05) is 24.6 Å². The number of aliphatic hydroxyl groups is 1. The molecule has 0 radical (unpaired) electrons. The molecule has 2 atom stereocenters. The van der Waals surface area contributed by atoms with Gasteiger partial charge in [-0.15, -0.1) is 0 Å². The second-order valence-electron chi connectivity index (χ2n) is 8.54. The molecule has 1 saturated heterocycles. The number of rotatable bonds is 5. The van der Waals surface area contributed by atoms with Crippen molar-refractivity contribution in [3.05, 3.63) is 54.0 Å². The lowest BCUT2D eigenvalue weighted by Crippen LogP contribution is -2.49. The zero-order chi connectivity index (χ0) is 21.4. The van der Waals surface area contributed by atoms with Crippen LogP contribution in [0.5, 0.6) is 0 Å². The largest absolute Gasteiger partial charge is 0.394 e. The van der Waals surface area contributed by atoms with Crippen LogP contribution in [0.25, 0.3) is 11.0 Å². The predicted molar refractivity (Wildman–Crippen MR) is 115 cm³/mol. The van der Waals surface area contributed by atoms with Gasteiger partial charge < -0.3 is 20.3 Å². The summed E-state index contributed by atoms with van der Waals surface area (Å²) in [6, 6.07) is 10.6. The molecule has 3 aromatic rings. The van der Waals surface area contributed by atoms with Gasteiger partial charge in [0.25, 0.3) is 0 Å². The fourth-order valence-corrected chi connectivity index (χ4v) is 4.82. The van der Waals surface area contributed by atoms with Crippen LogP contribution in [-0.2, 0) is 4.79 Å². The number of anilines is 1. The molecule has 8 nitrogen and oxygen atoms in total. The van der Waals surface area contributed by atoms with Gasteiger partial charge in [0.05, 0.1) is 29.7 Å². The molecule has 1 amide bonds. The molecule has 1 aliphatic heterocycles. The van der Waals surface area contributed by atoms with Crippen molar-refractivity contribution < 1.29 is 9.90 Å². The van der Waals surface area contributed by atoms with Crippen molar-refractivity contribution >= 4 is 22.8 Å². The Kier molecular flexibility index (Phi) is 4.83. The normalized spacial score (nSPS) is 20.4. The number of hydrogen-bond donors (Lipinski definition) is 3. The number of amides is 1. The van der Waals surface area contributed by atoms with Gasteiger partial charge in [0.2, 0.25) is 5.91 Å². The standard InChI is InChI=1S/C23H24N6O2/c24-11-15-1-3-16(4-2-15)19(12-30)28-22(31)18-6-10-29(13-23(18)7-8-23)21-17-5-9-25-20(17)26-14-27-21/h1-5,9,14,18-19,30H,6-8,10,12-13H2,(H,28,31)(H,25,26,27)/t18?,19-/m0/s1. The molecular weight excluding hydrogens is 392 g/mol. The van der Waals surface area contributed by atoms with E-state index in [4.69, 9.17) is 5.26 Å². The summed E-state index contributed by atoms with van der Waals surface area (Å²) in [5.74, 6) is 0.831. The number of H-pyrrole nitrogens is 1. The number of fused-ring (bicyclic) bond motifs is 1. The molecule has 31 heavy (non-hydrogen) atoms. The van der Waals surface area contributed by atoms with E-state index in [0.29, 0.717) is 5.56 Å². The topological polar surface area (TPSA) is 118 Å². The lowest BCUT2D eigenvalue weighted by Gasteiger charge is -2.39. The van der Waals surface area contributed by atoms with Crippen molar-refractivity contribution in [2.24, 2.45) is 11.3 Å². The van der Waals surface area contributed by atoms with Gasteiger partial charge in [-0.05, 0) is 48.4 Å². The minimum Gasteiger partial charge on any atom is -0.394 e. The van der Waals surface area contributed by atoms with E-state index >= 15 is 0 Å². The van der Waals surface area contributed by atoms with Gasteiger partial charge in [0.15, 0.2) is 0 Å². The first-order valence-corrected chi connectivity index (χ1v) is 10.6. The predicted octanol–water partition coefficient (Wildman–Crippen LogP) is 2.29. The first-order valence-electron chi connectivity index (χ1n) is 10.6. The Labute approximate surface area is 179 Å². The molecule has 3 heterocycles. The molecule has 1 aromatic carbocycles. The molecule has 2 aromatic heterocycles. The van der Waals surface area contributed by atoms with Gasteiger partial charge in [-0.3, -0.25) is 4.79 Å². The van der Waals surface area contributed by atoms with Crippen molar-refractivity contribution in [3.8, 4) is 6.07 Å². The van der Waals surface area contributed by atoms with Gasteiger partial charge in [-0.1, -0.05) is 12.1 Å². The summed E-state index contributed by atoms with van der Waals surface area (Å²) in [6.07, 6.45) is 6.23. The maximum Gasteiger partial charge on any atom is 0.224 e. The van der Waals surface area contributed by atoms with Crippen molar-refractivity contribution in [2.45, 2.75) is 25.3 Å². The summed E-state index contributed by atoms with van der Waals surface area (Å²) in [6.45, 7) is 1.36. The Hall–Kier alpha value is -3.44. The van der Waals surface area contributed by atoms with Crippen LogP contribution < -0.4 is 10.2 Å². The minimum absolute atomic E-state index is 0.00459. The number of carbonyl (C=O) groups excluding carboxylic acids is 1. The van der Waals surface area contributed by atoms with E-state index in [-0.39, 0.29) is 23.8 Å². The molecule has 2 aliphatic rings. The van der Waals surface area contributed by atoms with Crippen LogP contribution in [0.4, 0.5) is 5.82 Å². The molecule has 0 bridgehead atoms. The zero-order valence-corrected chi connectivity index (χ0v) is 17.1. The second-order valence-corrected chi connectivity index (χ2v) is 8.54. The third kappa shape index (κ3) is 3.51. The Morgan fingerprint density at radius 2 is 2.13 bits per heavy atom. The van der Waals surface area contributed by atoms with Crippen LogP contribution >= 0.6 is 0 Å². The van der Waals surface area contributed by atoms with Crippen LogP contribution in [0.2, 0.25) is 0 Å². The van der Waals surface area contributed by atoms with E-state index in [9.17, 15) is 9.90 Å². The van der Waals surface area contributed by atoms with Gasteiger partial charge in [-0.25, -0.2) is 9.97 Å². The molecule has 1 spiro atoms. The highest BCUT2D eigenvalue weighted by molar-refractivity contribution is 5.88. The average Bonchev–Trinajstić information content (AvgIpc) is 3.38. The summed E-state index contributed by atoms with van der Waals surface area (Å²) in [7, 11) is 0. The van der Waals surface area contributed by atoms with Crippen LogP contribution in [0, 0.1) is 22.7 Å². The Bertz CT molecular complexity index is 1140. The first-order chi connectivity index (χ1) is 15.1. The summed E-state index contributed by atoms with van der Waals surface area (Å²) in [5.41, 5.74) is 2.13. The Morgan fingerprint density at radius 3 is 2.84 bits per heavy atom. The van der Waals surface area contributed by atoms with E-state index in [2.05, 4.69) is 31.2 Å². The number of aliphatic hydroxyl groups excluding tert-OH is 1. The monoisotopic (exact) mass is 416 g/mol. The lowest BCUT2D eigenvalue weighted by atomic mass is 9.81. The molecule has 8 heteroatoms. The summed E-state index contributed by atoms with van der Waals surface area (Å²) in [4.78, 5) is 27.4. The highest BCUT2D eigenvalue weighted by Gasteiger charge is 2.55. The quantitative estimate of drug-likeness (QED) is 0.587. The molecule has 1 unspecified atom stereocenters. The SMILES string of the molecule is N#Cc1ccc([C@H](CO)NC(=O)C2CCN(c3ncnc4[nH]ccc34)CC23CC3)cc1. The molecular formula is C23H24N6O2. The third-order valence-corrected chi connectivity index (χ3v) is 6.72. The molecule has 1 aliphatic carbocycles. The van der Waals surface area contributed by atoms with Gasteiger partial charge >= 0.3 is 0 Å². The van der Waals surface area contributed by atoms with Crippen molar-refractivity contribution in [1.82, 2.24) is 20.3 Å². The first kappa shape index (κ1) is 19.5. The number of aromatic amines is 1. The fraction of sp³-hybridized carbons (Fsp3) is 0.391. The zero-order valence-electron chi connectivity index (χ0n) is 17.1. The van der Waals surface area contributed by atoms with Gasteiger partial charge in [0, 0.05) is 25.2 Å². The minimum atomic E-state index is -0.476. The average molecular weight is 416 g/mol. The second kappa shape index (κ2) is 7.67. The number of aromatic nitrogens is 3. The summed E-state index contributed by atoms with van der Waals surface area (Å²) in [5, 5.41) is 22.9. The number of nitrogens with zero attached hydrogens (tertiary/aromatic N) is 4. The van der Waals surface area contributed by atoms with Crippen LogP contribution in [0.3, 0.4) is 0 Å². The number of piperidine rings is 1. The van der Waals surface area contributed by atoms with E-state index in [1.165, 1.54) is 0 Å². The third-order valence-electron chi connectivity index (χ3n) is 6.72. The number of benzene rings is 1. The fourth-order valence-electron chi connectivity index (χ4n) is 4.82. The molecule has 1 saturated carbocycles. The van der Waals surface area contributed by atoms with Gasteiger partial charge in [0.1, 0.15) is 17.8 Å². The number of nitriles is 1. The van der Waals surface area contributed by atoms with E-state index < -0.39 is 6.04 Å². The number of hydrogen-bond acceptors (Lipinski definition) is 6. The molecule has 158 valence electrons. The molecule has 2 fully saturated rings. The summed E-state index contributed by atoms with van der Waals surface area (Å²) >= 11 is 0. The van der Waals surface area contributed by atoms with Crippen molar-refractivity contribution in [1.29, 1.82) is 5.26 Å². The number of nitrogens with one attached hydrogen (secondary N) is 2. The number of carbonyl (C=O) groups is 1. The van der Waals surface area contributed by atoms with Crippen LogP contribution in [-0.4, -0.2) is 45.7 Å². The lowest BCUT2D eigenvalue weighted by molar-refractivity contribution is -0.129. The highest BCUT2D eigenvalue weighted by atomic mass is 16.3. The van der Waals surface area contributed by atoms with E-state index in [1.807, 2.05) is 12.3 Å². The van der Waals surface area contributed by atoms with Crippen LogP contribution in [0.1, 0.15) is 36.4 Å². The maximum absolute atomic E-state index is 13.2. The van der Waals surface area contributed by atoms with E-state index in [0.717, 1.165) is 54.8 Å². The smallest absolute Gasteiger partial charge is 0.224 e. The maximum atomic E-state index is 13.2. The molecule has 3 N–H and O–H groups in total. The van der Waals surface area contributed by atoms with Crippen LogP contribution in [0.15, 0.2) is 42.9 Å². The molecule has 5 rings (SSSR count).